The van der Waals surface area contributed by atoms with Crippen LogP contribution in [0.15, 0.2) is 0 Å². The number of nitrogens with zero attached hydrogens (tertiary/aromatic N) is 3. The highest BCUT2D eigenvalue weighted by Gasteiger charge is 2.13. The van der Waals surface area contributed by atoms with Gasteiger partial charge in [-0.1, -0.05) is 33.6 Å². The maximum atomic E-state index is 5.67. The van der Waals surface area contributed by atoms with E-state index in [1.165, 1.54) is 19.3 Å². The van der Waals surface area contributed by atoms with Crippen LogP contribution in [0, 0.1) is 5.92 Å². The summed E-state index contributed by atoms with van der Waals surface area (Å²) in [6, 6.07) is 0. The highest BCUT2D eigenvalue weighted by atomic mass is 15.3. The first kappa shape index (κ1) is 15.2. The van der Waals surface area contributed by atoms with E-state index in [1.807, 2.05) is 11.7 Å². The summed E-state index contributed by atoms with van der Waals surface area (Å²) in [7, 11) is 1.99. The number of rotatable bonds is 8. The normalized spacial score (nSPS) is 13.2. The molecule has 1 rings (SSSR count). The molecule has 0 aromatic carbocycles. The third kappa shape index (κ3) is 4.41. The van der Waals surface area contributed by atoms with Crippen molar-refractivity contribution in [1.82, 2.24) is 14.8 Å². The summed E-state index contributed by atoms with van der Waals surface area (Å²) in [6.07, 6.45) is 5.82. The van der Waals surface area contributed by atoms with E-state index in [0.717, 1.165) is 37.0 Å². The van der Waals surface area contributed by atoms with E-state index in [1.54, 1.807) is 0 Å². The molecule has 0 aliphatic carbocycles. The fraction of sp³-hybridized carbons (Fsp3) is 0.857. The summed E-state index contributed by atoms with van der Waals surface area (Å²) in [4.78, 5) is 4.62. The Morgan fingerprint density at radius 3 is 2.44 bits per heavy atom. The Morgan fingerprint density at radius 2 is 1.94 bits per heavy atom. The lowest BCUT2D eigenvalue weighted by molar-refractivity contribution is 0.414. The van der Waals surface area contributed by atoms with E-state index in [9.17, 15) is 0 Å². The van der Waals surface area contributed by atoms with Gasteiger partial charge in [0.2, 0.25) is 0 Å². The number of hydrogen-bond donors (Lipinski definition) is 1. The molecule has 0 saturated heterocycles. The van der Waals surface area contributed by atoms with Crippen LogP contribution in [0.4, 0.5) is 0 Å². The molecular formula is C14H28N4. The van der Waals surface area contributed by atoms with Gasteiger partial charge < -0.3 is 5.73 Å². The van der Waals surface area contributed by atoms with Crippen molar-refractivity contribution >= 4 is 0 Å². The smallest absolute Gasteiger partial charge is 0.153 e. The van der Waals surface area contributed by atoms with Gasteiger partial charge in [0.1, 0.15) is 5.82 Å². The van der Waals surface area contributed by atoms with Gasteiger partial charge in [-0.15, -0.1) is 0 Å². The van der Waals surface area contributed by atoms with Gasteiger partial charge in [-0.3, -0.25) is 4.68 Å². The molecular weight excluding hydrogens is 224 g/mol. The van der Waals surface area contributed by atoms with Crippen LogP contribution in [0.3, 0.4) is 0 Å². The van der Waals surface area contributed by atoms with Crippen molar-refractivity contribution in [1.29, 1.82) is 0 Å². The van der Waals surface area contributed by atoms with Crippen LogP contribution in [0.2, 0.25) is 0 Å². The minimum absolute atomic E-state index is 0.403. The van der Waals surface area contributed by atoms with Crippen LogP contribution in [0.5, 0.6) is 0 Å². The van der Waals surface area contributed by atoms with Gasteiger partial charge in [0.25, 0.3) is 0 Å². The lowest BCUT2D eigenvalue weighted by Gasteiger charge is -2.14. The van der Waals surface area contributed by atoms with Crippen LogP contribution in [-0.4, -0.2) is 21.3 Å². The van der Waals surface area contributed by atoms with E-state index in [4.69, 9.17) is 5.73 Å². The summed E-state index contributed by atoms with van der Waals surface area (Å²) in [5.41, 5.74) is 5.67. The molecule has 104 valence electrons. The zero-order valence-electron chi connectivity index (χ0n) is 12.3. The summed E-state index contributed by atoms with van der Waals surface area (Å²) < 4.78 is 1.93. The lowest BCUT2D eigenvalue weighted by Crippen LogP contribution is -2.11. The Balaban J connectivity index is 2.55. The summed E-state index contributed by atoms with van der Waals surface area (Å²) in [5.74, 6) is 3.20. The molecule has 2 N–H and O–H groups in total. The molecule has 0 spiro atoms. The van der Waals surface area contributed by atoms with E-state index in [2.05, 4.69) is 30.9 Å². The van der Waals surface area contributed by atoms with Gasteiger partial charge in [-0.05, 0) is 25.3 Å². The maximum Gasteiger partial charge on any atom is 0.153 e. The standard InChI is InChI=1S/C14H28N4/c1-5-6-12(9-10-15)7-8-13-16-14(11(2)3)17-18(13)4/h11-12H,5-10,15H2,1-4H3. The largest absolute Gasteiger partial charge is 0.330 e. The number of aryl methyl sites for hydroxylation is 2. The zero-order valence-corrected chi connectivity index (χ0v) is 12.3. The molecule has 1 unspecified atom stereocenters. The van der Waals surface area contributed by atoms with Gasteiger partial charge >= 0.3 is 0 Å². The van der Waals surface area contributed by atoms with Crippen molar-refractivity contribution in [2.24, 2.45) is 18.7 Å². The van der Waals surface area contributed by atoms with E-state index in [0.29, 0.717) is 5.92 Å². The van der Waals surface area contributed by atoms with Gasteiger partial charge in [0.05, 0.1) is 0 Å². The van der Waals surface area contributed by atoms with Crippen molar-refractivity contribution < 1.29 is 0 Å². The molecule has 1 aromatic heterocycles. The molecule has 1 aromatic rings. The molecule has 0 saturated carbocycles. The third-order valence-electron chi connectivity index (χ3n) is 3.43. The zero-order chi connectivity index (χ0) is 13.5. The van der Waals surface area contributed by atoms with Crippen molar-refractivity contribution in [3.05, 3.63) is 11.6 Å². The van der Waals surface area contributed by atoms with Gasteiger partial charge in [-0.2, -0.15) is 5.10 Å². The first-order valence-electron chi connectivity index (χ1n) is 7.18. The SMILES string of the molecule is CCCC(CCN)CCc1nc(C(C)C)nn1C. The Morgan fingerprint density at radius 1 is 1.22 bits per heavy atom. The van der Waals surface area contributed by atoms with Crippen molar-refractivity contribution in [2.45, 2.75) is 58.8 Å². The fourth-order valence-corrected chi connectivity index (χ4v) is 2.31. The monoisotopic (exact) mass is 252 g/mol. The van der Waals surface area contributed by atoms with Crippen LogP contribution in [-0.2, 0) is 13.5 Å². The van der Waals surface area contributed by atoms with Crippen molar-refractivity contribution in [3.8, 4) is 0 Å². The minimum Gasteiger partial charge on any atom is -0.330 e. The van der Waals surface area contributed by atoms with Gasteiger partial charge in [0.15, 0.2) is 5.82 Å². The first-order chi connectivity index (χ1) is 8.58. The second kappa shape index (κ2) is 7.52. The maximum absolute atomic E-state index is 5.67. The summed E-state index contributed by atoms with van der Waals surface area (Å²) >= 11 is 0. The topological polar surface area (TPSA) is 56.7 Å². The summed E-state index contributed by atoms with van der Waals surface area (Å²) in [5, 5.41) is 4.46. The highest BCUT2D eigenvalue weighted by molar-refractivity contribution is 4.97. The number of hydrogen-bond acceptors (Lipinski definition) is 3. The van der Waals surface area contributed by atoms with Gasteiger partial charge in [0, 0.05) is 19.4 Å². The molecule has 4 nitrogen and oxygen atoms in total. The molecule has 0 fully saturated rings. The molecule has 18 heavy (non-hydrogen) atoms. The molecule has 0 aliphatic heterocycles. The van der Waals surface area contributed by atoms with Crippen LogP contribution in [0.25, 0.3) is 0 Å². The average molecular weight is 252 g/mol. The predicted molar refractivity (Wildman–Crippen MR) is 75.5 cm³/mol. The predicted octanol–water partition coefficient (Wildman–Crippen LogP) is 2.64. The van der Waals surface area contributed by atoms with E-state index >= 15 is 0 Å². The Bertz CT molecular complexity index is 338. The fourth-order valence-electron chi connectivity index (χ4n) is 2.31. The summed E-state index contributed by atoms with van der Waals surface area (Å²) in [6.45, 7) is 7.30. The van der Waals surface area contributed by atoms with E-state index in [-0.39, 0.29) is 0 Å². The minimum atomic E-state index is 0.403. The Kier molecular flexibility index (Phi) is 6.33. The van der Waals surface area contributed by atoms with Crippen molar-refractivity contribution in [2.75, 3.05) is 6.54 Å². The molecule has 0 amide bonds. The number of aromatic nitrogens is 3. The average Bonchev–Trinajstić information content (AvgIpc) is 2.68. The van der Waals surface area contributed by atoms with Crippen LogP contribution >= 0.6 is 0 Å². The Labute approximate surface area is 111 Å². The van der Waals surface area contributed by atoms with E-state index < -0.39 is 0 Å². The van der Waals surface area contributed by atoms with Crippen molar-refractivity contribution in [3.63, 3.8) is 0 Å². The molecule has 0 radical (unpaired) electrons. The third-order valence-corrected chi connectivity index (χ3v) is 3.43. The Hall–Kier alpha value is -0.900. The molecule has 0 aliphatic rings. The molecule has 1 atom stereocenters. The molecule has 1 heterocycles. The number of nitrogens with two attached hydrogens (primary N) is 1. The highest BCUT2D eigenvalue weighted by Crippen LogP contribution is 2.18. The lowest BCUT2D eigenvalue weighted by atomic mass is 9.94. The second-order valence-corrected chi connectivity index (χ2v) is 5.44. The quantitative estimate of drug-likeness (QED) is 0.774. The molecule has 0 bridgehead atoms. The van der Waals surface area contributed by atoms with Crippen LogP contribution < -0.4 is 5.73 Å². The van der Waals surface area contributed by atoms with Crippen LogP contribution in [0.1, 0.15) is 64.0 Å². The first-order valence-corrected chi connectivity index (χ1v) is 7.18. The second-order valence-electron chi connectivity index (χ2n) is 5.44. The van der Waals surface area contributed by atoms with Gasteiger partial charge in [-0.25, -0.2) is 4.98 Å². The molecule has 4 heteroatoms.